The van der Waals surface area contributed by atoms with Gasteiger partial charge in [0, 0.05) is 13.7 Å². The van der Waals surface area contributed by atoms with Crippen LogP contribution in [-0.4, -0.2) is 27.8 Å². The van der Waals surface area contributed by atoms with Crippen molar-refractivity contribution in [3.63, 3.8) is 0 Å². The molecule has 0 aliphatic rings. The molecule has 114 valence electrons. The minimum atomic E-state index is -3.24. The smallest absolute Gasteiger partial charge is 0.211 e. The summed E-state index contributed by atoms with van der Waals surface area (Å²) >= 11 is 0. The molecule has 1 atom stereocenters. The van der Waals surface area contributed by atoms with Crippen molar-refractivity contribution in [3.8, 4) is 0 Å². The second-order valence-corrected chi connectivity index (χ2v) is 6.84. The number of rotatable bonds is 9. The fourth-order valence-electron chi connectivity index (χ4n) is 2.14. The van der Waals surface area contributed by atoms with Crippen LogP contribution in [0.2, 0.25) is 0 Å². The molecule has 0 heterocycles. The third-order valence-corrected chi connectivity index (χ3v) is 5.02. The minimum Gasteiger partial charge on any atom is -0.372 e. The Hall–Kier alpha value is -0.910. The van der Waals surface area contributed by atoms with Crippen LogP contribution in [0.5, 0.6) is 0 Å². The van der Waals surface area contributed by atoms with E-state index in [2.05, 4.69) is 4.72 Å². The quantitative estimate of drug-likeness (QED) is 0.762. The molecule has 0 saturated carbocycles. The van der Waals surface area contributed by atoms with Gasteiger partial charge in [-0.1, -0.05) is 50.6 Å². The molecule has 20 heavy (non-hydrogen) atoms. The van der Waals surface area contributed by atoms with Gasteiger partial charge in [-0.2, -0.15) is 0 Å². The summed E-state index contributed by atoms with van der Waals surface area (Å²) in [6, 6.07) is 9.74. The van der Waals surface area contributed by atoms with Gasteiger partial charge < -0.3 is 4.74 Å². The number of nitrogens with one attached hydrogen (secondary N) is 1. The van der Waals surface area contributed by atoms with Gasteiger partial charge >= 0.3 is 0 Å². The van der Waals surface area contributed by atoms with Crippen LogP contribution in [0.1, 0.15) is 38.7 Å². The lowest BCUT2D eigenvalue weighted by atomic mass is 9.91. The molecule has 1 unspecified atom stereocenters. The highest BCUT2D eigenvalue weighted by atomic mass is 32.2. The van der Waals surface area contributed by atoms with Gasteiger partial charge in [0.2, 0.25) is 10.0 Å². The standard InChI is InChI=1S/C15H25NO3S/c1-4-6-12-20(17,18)16-13-15(5-2,19-3)14-10-8-7-9-11-14/h7-11,16H,4-6,12-13H2,1-3H3. The van der Waals surface area contributed by atoms with Crippen LogP contribution in [0.15, 0.2) is 30.3 Å². The van der Waals surface area contributed by atoms with Crippen molar-refractivity contribution in [2.75, 3.05) is 19.4 Å². The average Bonchev–Trinajstić information content (AvgIpc) is 2.48. The van der Waals surface area contributed by atoms with Gasteiger partial charge in [0.1, 0.15) is 5.60 Å². The van der Waals surface area contributed by atoms with E-state index >= 15 is 0 Å². The molecule has 1 aromatic carbocycles. The van der Waals surface area contributed by atoms with Gasteiger partial charge in [0.15, 0.2) is 0 Å². The highest BCUT2D eigenvalue weighted by Gasteiger charge is 2.31. The number of unbranched alkanes of at least 4 members (excludes halogenated alkanes) is 1. The molecule has 0 fully saturated rings. The SMILES string of the molecule is CCCCS(=O)(=O)NCC(CC)(OC)c1ccccc1. The molecule has 1 N–H and O–H groups in total. The van der Waals surface area contributed by atoms with E-state index in [0.717, 1.165) is 12.0 Å². The van der Waals surface area contributed by atoms with E-state index in [9.17, 15) is 8.42 Å². The number of sulfonamides is 1. The van der Waals surface area contributed by atoms with E-state index in [1.807, 2.05) is 44.2 Å². The van der Waals surface area contributed by atoms with Crippen molar-refractivity contribution in [3.05, 3.63) is 35.9 Å². The van der Waals surface area contributed by atoms with E-state index < -0.39 is 15.6 Å². The first-order chi connectivity index (χ1) is 9.49. The Morgan fingerprint density at radius 3 is 2.35 bits per heavy atom. The molecule has 0 aliphatic heterocycles. The lowest BCUT2D eigenvalue weighted by molar-refractivity contribution is -0.0133. The van der Waals surface area contributed by atoms with Crippen LogP contribution < -0.4 is 4.72 Å². The zero-order valence-electron chi connectivity index (χ0n) is 12.6. The topological polar surface area (TPSA) is 55.4 Å². The van der Waals surface area contributed by atoms with Crippen LogP contribution in [0, 0.1) is 0 Å². The van der Waals surface area contributed by atoms with Crippen molar-refractivity contribution >= 4 is 10.0 Å². The van der Waals surface area contributed by atoms with E-state index in [0.29, 0.717) is 12.8 Å². The van der Waals surface area contributed by atoms with Crippen LogP contribution in [0.25, 0.3) is 0 Å². The van der Waals surface area contributed by atoms with Crippen LogP contribution in [0.4, 0.5) is 0 Å². The Balaban J connectivity index is 2.83. The Kier molecular flexibility index (Phi) is 6.65. The molecule has 0 saturated heterocycles. The Morgan fingerprint density at radius 1 is 1.20 bits per heavy atom. The maximum absolute atomic E-state index is 11.9. The van der Waals surface area contributed by atoms with Crippen molar-refractivity contribution in [1.82, 2.24) is 4.72 Å². The summed E-state index contributed by atoms with van der Waals surface area (Å²) in [5, 5.41) is 0. The highest BCUT2D eigenvalue weighted by molar-refractivity contribution is 7.89. The third kappa shape index (κ3) is 4.58. The lowest BCUT2D eigenvalue weighted by Gasteiger charge is -2.32. The average molecular weight is 299 g/mol. The number of methoxy groups -OCH3 is 1. The van der Waals surface area contributed by atoms with Crippen molar-refractivity contribution < 1.29 is 13.2 Å². The van der Waals surface area contributed by atoms with Crippen LogP contribution in [-0.2, 0) is 20.4 Å². The Morgan fingerprint density at radius 2 is 1.85 bits per heavy atom. The molecule has 0 amide bonds. The summed E-state index contributed by atoms with van der Waals surface area (Å²) in [5.74, 6) is 0.168. The second-order valence-electron chi connectivity index (χ2n) is 4.91. The lowest BCUT2D eigenvalue weighted by Crippen LogP contribution is -2.42. The van der Waals surface area contributed by atoms with Gasteiger partial charge in [0.25, 0.3) is 0 Å². The van der Waals surface area contributed by atoms with E-state index in [4.69, 9.17) is 4.74 Å². The third-order valence-electron chi connectivity index (χ3n) is 3.61. The Labute approximate surface area is 122 Å². The monoisotopic (exact) mass is 299 g/mol. The number of hydrogen-bond donors (Lipinski definition) is 1. The van der Waals surface area contributed by atoms with E-state index in [-0.39, 0.29) is 12.3 Å². The summed E-state index contributed by atoms with van der Waals surface area (Å²) in [7, 11) is -1.61. The van der Waals surface area contributed by atoms with Crippen molar-refractivity contribution in [2.45, 2.75) is 38.7 Å². The molecule has 1 rings (SSSR count). The minimum absolute atomic E-state index is 0.168. The van der Waals surface area contributed by atoms with Gasteiger partial charge in [0.05, 0.1) is 5.75 Å². The van der Waals surface area contributed by atoms with Crippen LogP contribution in [0.3, 0.4) is 0 Å². The van der Waals surface area contributed by atoms with Crippen molar-refractivity contribution in [1.29, 1.82) is 0 Å². The first-order valence-corrected chi connectivity index (χ1v) is 8.73. The molecular formula is C15H25NO3S. The van der Waals surface area contributed by atoms with Gasteiger partial charge in [-0.25, -0.2) is 13.1 Å². The fourth-order valence-corrected chi connectivity index (χ4v) is 3.41. The van der Waals surface area contributed by atoms with Crippen molar-refractivity contribution in [2.24, 2.45) is 0 Å². The zero-order valence-corrected chi connectivity index (χ0v) is 13.4. The predicted octanol–water partition coefficient (Wildman–Crippen LogP) is 2.66. The summed E-state index contributed by atoms with van der Waals surface area (Å²) in [4.78, 5) is 0. The summed E-state index contributed by atoms with van der Waals surface area (Å²) in [6.07, 6.45) is 2.24. The maximum Gasteiger partial charge on any atom is 0.211 e. The summed E-state index contributed by atoms with van der Waals surface area (Å²) in [6.45, 7) is 4.23. The van der Waals surface area contributed by atoms with Crippen LogP contribution >= 0.6 is 0 Å². The second kappa shape index (κ2) is 7.76. The fraction of sp³-hybridized carbons (Fsp3) is 0.600. The number of hydrogen-bond acceptors (Lipinski definition) is 3. The molecule has 5 heteroatoms. The van der Waals surface area contributed by atoms with Gasteiger partial charge in [-0.05, 0) is 18.4 Å². The molecule has 0 aliphatic carbocycles. The molecule has 0 spiro atoms. The van der Waals surface area contributed by atoms with E-state index in [1.165, 1.54) is 0 Å². The van der Waals surface area contributed by atoms with Gasteiger partial charge in [-0.3, -0.25) is 0 Å². The molecular weight excluding hydrogens is 274 g/mol. The summed E-state index contributed by atoms with van der Waals surface area (Å²) < 4.78 is 32.2. The number of ether oxygens (including phenoxy) is 1. The summed E-state index contributed by atoms with van der Waals surface area (Å²) in [5.41, 5.74) is 0.378. The first kappa shape index (κ1) is 17.1. The largest absolute Gasteiger partial charge is 0.372 e. The van der Waals surface area contributed by atoms with Gasteiger partial charge in [-0.15, -0.1) is 0 Å². The first-order valence-electron chi connectivity index (χ1n) is 7.07. The molecule has 0 bridgehead atoms. The number of benzene rings is 1. The maximum atomic E-state index is 11.9. The molecule has 0 radical (unpaired) electrons. The normalized spacial score (nSPS) is 14.9. The zero-order chi connectivity index (χ0) is 15.1. The predicted molar refractivity (Wildman–Crippen MR) is 82.1 cm³/mol. The Bertz CT molecular complexity index is 481. The molecule has 1 aromatic rings. The molecule has 4 nitrogen and oxygen atoms in total. The highest BCUT2D eigenvalue weighted by Crippen LogP contribution is 2.28. The molecule has 0 aromatic heterocycles. The van der Waals surface area contributed by atoms with E-state index in [1.54, 1.807) is 7.11 Å².